The van der Waals surface area contributed by atoms with E-state index >= 15 is 0 Å². The zero-order valence-corrected chi connectivity index (χ0v) is 17.0. The third-order valence-corrected chi connectivity index (χ3v) is 4.55. The van der Waals surface area contributed by atoms with Gasteiger partial charge in [-0.05, 0) is 23.3 Å². The molecule has 0 fully saturated rings. The maximum Gasteiger partial charge on any atom is 0.194 e. The fourth-order valence-corrected chi connectivity index (χ4v) is 3.02. The Morgan fingerprint density at radius 2 is 1.86 bits per heavy atom. The van der Waals surface area contributed by atoms with Crippen molar-refractivity contribution in [1.29, 1.82) is 0 Å². The summed E-state index contributed by atoms with van der Waals surface area (Å²) in [5.41, 5.74) is 4.55. The molecule has 0 bridgehead atoms. The van der Waals surface area contributed by atoms with Crippen LogP contribution < -0.4 is 10.2 Å². The van der Waals surface area contributed by atoms with Crippen molar-refractivity contribution in [1.82, 2.24) is 20.2 Å². The van der Waals surface area contributed by atoms with E-state index < -0.39 is 0 Å². The van der Waals surface area contributed by atoms with Crippen molar-refractivity contribution in [3.8, 4) is 11.3 Å². The molecule has 6 nitrogen and oxygen atoms in total. The second kappa shape index (κ2) is 9.08. The second-order valence-electron chi connectivity index (χ2n) is 6.93. The predicted molar refractivity (Wildman–Crippen MR) is 116 cm³/mol. The number of anilines is 1. The van der Waals surface area contributed by atoms with Crippen molar-refractivity contribution >= 4 is 11.6 Å². The van der Waals surface area contributed by atoms with E-state index in [9.17, 15) is 0 Å². The third-order valence-electron chi connectivity index (χ3n) is 4.55. The molecule has 3 rings (SSSR count). The van der Waals surface area contributed by atoms with Crippen LogP contribution in [0.3, 0.4) is 0 Å². The molecule has 0 amide bonds. The van der Waals surface area contributed by atoms with Gasteiger partial charge in [0.2, 0.25) is 0 Å². The van der Waals surface area contributed by atoms with E-state index in [1.807, 2.05) is 45.5 Å². The Kier molecular flexibility index (Phi) is 6.32. The van der Waals surface area contributed by atoms with Crippen molar-refractivity contribution in [3.63, 3.8) is 0 Å². The average molecular weight is 377 g/mol. The van der Waals surface area contributed by atoms with Crippen LogP contribution in [0.25, 0.3) is 11.3 Å². The number of imidazole rings is 1. The fraction of sp³-hybridized carbons (Fsp3) is 0.273. The first-order chi connectivity index (χ1) is 13.6. The Morgan fingerprint density at radius 3 is 2.57 bits per heavy atom. The summed E-state index contributed by atoms with van der Waals surface area (Å²) in [6, 6.07) is 18.7. The SMILES string of the molecule is CN=C(NCc1cccc(N(C)C)c1)N(C)Cc1ncc(-c2ccccc2)[nH]1. The number of nitrogens with zero attached hydrogens (tertiary/aromatic N) is 4. The van der Waals surface area contributed by atoms with E-state index in [0.717, 1.165) is 23.0 Å². The predicted octanol–water partition coefficient (Wildman–Crippen LogP) is 3.35. The summed E-state index contributed by atoms with van der Waals surface area (Å²) in [7, 11) is 7.90. The number of H-pyrrole nitrogens is 1. The summed E-state index contributed by atoms with van der Waals surface area (Å²) < 4.78 is 0. The Hall–Kier alpha value is -3.28. The van der Waals surface area contributed by atoms with Gasteiger partial charge in [-0.1, -0.05) is 42.5 Å². The normalized spacial score (nSPS) is 11.4. The molecule has 0 unspecified atom stereocenters. The highest BCUT2D eigenvalue weighted by Crippen LogP contribution is 2.17. The molecule has 146 valence electrons. The highest BCUT2D eigenvalue weighted by Gasteiger charge is 2.10. The molecule has 0 spiro atoms. The quantitative estimate of drug-likeness (QED) is 0.512. The first-order valence-corrected chi connectivity index (χ1v) is 9.34. The van der Waals surface area contributed by atoms with E-state index in [1.54, 1.807) is 7.05 Å². The molecule has 0 radical (unpaired) electrons. The zero-order chi connectivity index (χ0) is 19.9. The Balaban J connectivity index is 1.60. The fourth-order valence-electron chi connectivity index (χ4n) is 3.02. The molecule has 0 aliphatic heterocycles. The lowest BCUT2D eigenvalue weighted by atomic mass is 10.2. The van der Waals surface area contributed by atoms with Crippen LogP contribution in [0.1, 0.15) is 11.4 Å². The molecule has 0 aliphatic rings. The van der Waals surface area contributed by atoms with Gasteiger partial charge in [-0.15, -0.1) is 0 Å². The average Bonchev–Trinajstić information content (AvgIpc) is 3.18. The lowest BCUT2D eigenvalue weighted by Gasteiger charge is -2.21. The van der Waals surface area contributed by atoms with Gasteiger partial charge in [-0.2, -0.15) is 0 Å². The van der Waals surface area contributed by atoms with Gasteiger partial charge in [0, 0.05) is 40.4 Å². The molecule has 0 saturated heterocycles. The zero-order valence-electron chi connectivity index (χ0n) is 17.0. The maximum absolute atomic E-state index is 4.51. The number of rotatable bonds is 6. The van der Waals surface area contributed by atoms with Crippen molar-refractivity contribution in [3.05, 3.63) is 72.2 Å². The Labute approximate surface area is 166 Å². The first kappa shape index (κ1) is 19.5. The minimum absolute atomic E-state index is 0.643. The minimum Gasteiger partial charge on any atom is -0.378 e. The third kappa shape index (κ3) is 4.91. The summed E-state index contributed by atoms with van der Waals surface area (Å²) in [6.45, 7) is 1.36. The maximum atomic E-state index is 4.51. The molecule has 2 aromatic carbocycles. The monoisotopic (exact) mass is 376 g/mol. The highest BCUT2D eigenvalue weighted by molar-refractivity contribution is 5.79. The summed E-state index contributed by atoms with van der Waals surface area (Å²) in [6.07, 6.45) is 1.88. The van der Waals surface area contributed by atoms with Crippen LogP contribution in [0.4, 0.5) is 5.69 Å². The molecule has 0 saturated carbocycles. The Morgan fingerprint density at radius 1 is 1.07 bits per heavy atom. The number of aromatic nitrogens is 2. The van der Waals surface area contributed by atoms with Crippen molar-refractivity contribution in [2.75, 3.05) is 33.1 Å². The smallest absolute Gasteiger partial charge is 0.194 e. The number of guanidine groups is 1. The van der Waals surface area contributed by atoms with E-state index in [0.29, 0.717) is 13.1 Å². The van der Waals surface area contributed by atoms with Crippen LogP contribution in [-0.4, -0.2) is 49.0 Å². The minimum atomic E-state index is 0.643. The lowest BCUT2D eigenvalue weighted by Crippen LogP contribution is -2.38. The standard InChI is InChI=1S/C22H28N6/c1-23-22(25-14-17-9-8-12-19(13-17)27(2)3)28(4)16-21-24-15-20(26-21)18-10-6-5-7-11-18/h5-13,15H,14,16H2,1-4H3,(H,23,25)(H,24,26). The summed E-state index contributed by atoms with van der Waals surface area (Å²) in [5.74, 6) is 1.73. The van der Waals surface area contributed by atoms with Crippen molar-refractivity contribution in [2.24, 2.45) is 4.99 Å². The summed E-state index contributed by atoms with van der Waals surface area (Å²) >= 11 is 0. The van der Waals surface area contributed by atoms with Gasteiger partial charge in [0.15, 0.2) is 5.96 Å². The van der Waals surface area contributed by atoms with E-state index in [-0.39, 0.29) is 0 Å². The van der Waals surface area contributed by atoms with Crippen LogP contribution in [-0.2, 0) is 13.1 Å². The molecular weight excluding hydrogens is 348 g/mol. The molecule has 1 heterocycles. The van der Waals surface area contributed by atoms with Gasteiger partial charge in [-0.25, -0.2) is 4.98 Å². The number of aliphatic imine (C=N–C) groups is 1. The molecule has 6 heteroatoms. The number of aromatic amines is 1. The molecule has 3 aromatic rings. The Bertz CT molecular complexity index is 914. The highest BCUT2D eigenvalue weighted by atomic mass is 15.3. The molecule has 1 aromatic heterocycles. The van der Waals surface area contributed by atoms with Gasteiger partial charge in [0.05, 0.1) is 18.4 Å². The summed E-state index contributed by atoms with van der Waals surface area (Å²) in [5, 5.41) is 3.43. The number of benzene rings is 2. The number of hydrogen-bond donors (Lipinski definition) is 2. The van der Waals surface area contributed by atoms with Gasteiger partial charge < -0.3 is 20.1 Å². The topological polar surface area (TPSA) is 59.6 Å². The molecule has 2 N–H and O–H groups in total. The molecular formula is C22H28N6. The van der Waals surface area contributed by atoms with E-state index in [2.05, 4.69) is 66.5 Å². The van der Waals surface area contributed by atoms with Crippen molar-refractivity contribution in [2.45, 2.75) is 13.1 Å². The van der Waals surface area contributed by atoms with Crippen molar-refractivity contribution < 1.29 is 0 Å². The van der Waals surface area contributed by atoms with Crippen LogP contribution in [0, 0.1) is 0 Å². The second-order valence-corrected chi connectivity index (χ2v) is 6.93. The molecule has 28 heavy (non-hydrogen) atoms. The van der Waals surface area contributed by atoms with Crippen LogP contribution in [0.15, 0.2) is 65.8 Å². The van der Waals surface area contributed by atoms with Gasteiger partial charge in [-0.3, -0.25) is 4.99 Å². The first-order valence-electron chi connectivity index (χ1n) is 9.34. The number of nitrogens with one attached hydrogen (secondary N) is 2. The lowest BCUT2D eigenvalue weighted by molar-refractivity contribution is 0.464. The van der Waals surface area contributed by atoms with Gasteiger partial charge >= 0.3 is 0 Å². The van der Waals surface area contributed by atoms with Gasteiger partial charge in [0.1, 0.15) is 5.82 Å². The van der Waals surface area contributed by atoms with Crippen LogP contribution >= 0.6 is 0 Å². The van der Waals surface area contributed by atoms with Crippen LogP contribution in [0.5, 0.6) is 0 Å². The van der Waals surface area contributed by atoms with Gasteiger partial charge in [0.25, 0.3) is 0 Å². The molecule has 0 aliphatic carbocycles. The van der Waals surface area contributed by atoms with Crippen LogP contribution in [0.2, 0.25) is 0 Å². The molecule has 0 atom stereocenters. The number of hydrogen-bond acceptors (Lipinski definition) is 3. The van der Waals surface area contributed by atoms with E-state index in [4.69, 9.17) is 0 Å². The van der Waals surface area contributed by atoms with E-state index in [1.165, 1.54) is 11.3 Å². The largest absolute Gasteiger partial charge is 0.378 e. The summed E-state index contributed by atoms with van der Waals surface area (Å²) in [4.78, 5) is 16.5.